The minimum Gasteiger partial charge on any atom is -0.382 e. The molecule has 156 valence electrons. The van der Waals surface area contributed by atoms with Crippen LogP contribution in [0.4, 0.5) is 26.4 Å². The van der Waals surface area contributed by atoms with Crippen LogP contribution in [0.25, 0.3) is 16.7 Å². The largest absolute Gasteiger partial charge is 0.382 e. The van der Waals surface area contributed by atoms with Crippen LogP contribution in [0.5, 0.6) is 0 Å². The molecule has 4 aromatic rings. The number of aromatic nitrogens is 3. The molecular weight excluding hydrogens is 395 g/mol. The Morgan fingerprint density at radius 1 is 1.10 bits per heavy atom. The highest BCUT2D eigenvalue weighted by atomic mass is 19.1. The predicted molar refractivity (Wildman–Crippen MR) is 119 cm³/mol. The molecule has 2 aromatic carbocycles. The number of anilines is 3. The van der Waals surface area contributed by atoms with Gasteiger partial charge in [-0.2, -0.15) is 0 Å². The van der Waals surface area contributed by atoms with E-state index in [0.29, 0.717) is 11.5 Å². The molecule has 0 fully saturated rings. The number of hydrogen-bond acceptors (Lipinski definition) is 4. The zero-order valence-corrected chi connectivity index (χ0v) is 16.9. The lowest BCUT2D eigenvalue weighted by Gasteiger charge is -2.12. The average Bonchev–Trinajstić information content (AvgIpc) is 3.33. The van der Waals surface area contributed by atoms with Gasteiger partial charge in [-0.25, -0.2) is 19.2 Å². The quantitative estimate of drug-likeness (QED) is 0.455. The van der Waals surface area contributed by atoms with Crippen LogP contribution in [0.1, 0.15) is 23.2 Å². The third-order valence-electron chi connectivity index (χ3n) is 5.57. The molecule has 4 N–H and O–H groups in total. The van der Waals surface area contributed by atoms with E-state index in [1.807, 2.05) is 19.1 Å². The van der Waals surface area contributed by atoms with Gasteiger partial charge in [0.15, 0.2) is 5.82 Å². The maximum absolute atomic E-state index is 13.9. The van der Waals surface area contributed by atoms with Crippen LogP contribution < -0.4 is 16.4 Å². The van der Waals surface area contributed by atoms with Crippen molar-refractivity contribution in [1.29, 1.82) is 0 Å². The lowest BCUT2D eigenvalue weighted by Crippen LogP contribution is -2.20. The van der Waals surface area contributed by atoms with Crippen LogP contribution in [0, 0.1) is 12.7 Å². The number of nitrogen functional groups attached to an aromatic ring is 1. The van der Waals surface area contributed by atoms with Crippen LogP contribution in [-0.4, -0.2) is 20.6 Å². The van der Waals surface area contributed by atoms with E-state index in [9.17, 15) is 9.18 Å². The molecule has 0 bridgehead atoms. The minimum absolute atomic E-state index is 0.138. The summed E-state index contributed by atoms with van der Waals surface area (Å²) in [6.07, 6.45) is 4.52. The van der Waals surface area contributed by atoms with Crippen molar-refractivity contribution in [3.63, 3.8) is 0 Å². The normalized spacial score (nSPS) is 12.7. The zero-order chi connectivity index (χ0) is 21.5. The fraction of sp³-hybridized carbons (Fsp3) is 0.174. The topological polar surface area (TPSA) is 97.9 Å². The van der Waals surface area contributed by atoms with Gasteiger partial charge in [0, 0.05) is 17.1 Å². The summed E-state index contributed by atoms with van der Waals surface area (Å²) >= 11 is 0. The third-order valence-corrected chi connectivity index (χ3v) is 5.57. The van der Waals surface area contributed by atoms with Crippen molar-refractivity contribution in [2.75, 3.05) is 16.4 Å². The first-order valence-corrected chi connectivity index (χ1v) is 10.1. The molecule has 2 heterocycles. The Morgan fingerprint density at radius 3 is 2.71 bits per heavy atom. The number of benzene rings is 2. The molecule has 5 rings (SSSR count). The molecule has 0 atom stereocenters. The molecule has 8 heteroatoms. The van der Waals surface area contributed by atoms with Crippen molar-refractivity contribution >= 4 is 34.3 Å². The number of nitrogens with two attached hydrogens (primary N) is 1. The summed E-state index contributed by atoms with van der Waals surface area (Å²) in [4.78, 5) is 20.9. The van der Waals surface area contributed by atoms with E-state index < -0.39 is 11.8 Å². The molecule has 1 aliphatic rings. The second-order valence-corrected chi connectivity index (χ2v) is 7.68. The smallest absolute Gasteiger partial charge is 0.323 e. The first-order chi connectivity index (χ1) is 15.0. The van der Waals surface area contributed by atoms with Crippen molar-refractivity contribution in [2.45, 2.75) is 26.2 Å². The standard InChI is InChI=1S/C23H21FN6O/c1-13-5-10-17(24)18(11-13)29-23(31)28-14-6-8-15(9-7-14)30-19-4-2-3-16(19)20-21(30)22(25)27-12-26-20/h5-12H,2-4H2,1H3,(H2,25,26,27)(H2,28,29,31). The Kier molecular flexibility index (Phi) is 4.54. The fourth-order valence-electron chi connectivity index (χ4n) is 4.20. The SMILES string of the molecule is Cc1ccc(F)c(NC(=O)Nc2ccc(-n3c4c(c5ncnc(N)c53)CCC4)cc2)c1. The molecular formula is C23H21FN6O. The van der Waals surface area contributed by atoms with Crippen molar-refractivity contribution in [1.82, 2.24) is 14.5 Å². The Labute approximate surface area is 178 Å². The van der Waals surface area contributed by atoms with Gasteiger partial charge in [-0.05, 0) is 73.7 Å². The Balaban J connectivity index is 1.41. The van der Waals surface area contributed by atoms with Gasteiger partial charge in [-0.1, -0.05) is 6.07 Å². The Bertz CT molecular complexity index is 1310. The maximum Gasteiger partial charge on any atom is 0.323 e. The number of carbonyl (C=O) groups is 1. The second kappa shape index (κ2) is 7.39. The minimum atomic E-state index is -0.512. The van der Waals surface area contributed by atoms with E-state index in [1.54, 1.807) is 24.3 Å². The van der Waals surface area contributed by atoms with E-state index in [0.717, 1.165) is 41.5 Å². The van der Waals surface area contributed by atoms with Gasteiger partial charge in [0.05, 0.1) is 11.2 Å². The second-order valence-electron chi connectivity index (χ2n) is 7.68. The summed E-state index contributed by atoms with van der Waals surface area (Å²) in [5.41, 5.74) is 12.8. The number of nitrogens with zero attached hydrogens (tertiary/aromatic N) is 3. The molecule has 2 aromatic heterocycles. The van der Waals surface area contributed by atoms with Crippen molar-refractivity contribution in [3.8, 4) is 5.69 Å². The van der Waals surface area contributed by atoms with Crippen LogP contribution in [0.2, 0.25) is 0 Å². The lowest BCUT2D eigenvalue weighted by molar-refractivity contribution is 0.262. The lowest BCUT2D eigenvalue weighted by atomic mass is 10.2. The van der Waals surface area contributed by atoms with Crippen molar-refractivity contribution < 1.29 is 9.18 Å². The van der Waals surface area contributed by atoms with Gasteiger partial charge in [0.25, 0.3) is 0 Å². The molecule has 0 saturated heterocycles. The number of rotatable bonds is 3. The number of fused-ring (bicyclic) bond motifs is 3. The van der Waals surface area contributed by atoms with Gasteiger partial charge in [-0.15, -0.1) is 0 Å². The molecule has 0 unspecified atom stereocenters. The summed E-state index contributed by atoms with van der Waals surface area (Å²) in [6.45, 7) is 1.83. The molecule has 0 aliphatic heterocycles. The Hall–Kier alpha value is -3.94. The molecule has 0 radical (unpaired) electrons. The Morgan fingerprint density at radius 2 is 1.90 bits per heavy atom. The van der Waals surface area contributed by atoms with Crippen LogP contribution in [0.15, 0.2) is 48.8 Å². The summed E-state index contributed by atoms with van der Waals surface area (Å²) < 4.78 is 16.0. The first kappa shape index (κ1) is 19.0. The molecule has 0 saturated carbocycles. The van der Waals surface area contributed by atoms with Crippen LogP contribution in [0.3, 0.4) is 0 Å². The number of nitrogens with one attached hydrogen (secondary N) is 2. The number of amides is 2. The third kappa shape index (κ3) is 3.35. The molecule has 2 amide bonds. The summed E-state index contributed by atoms with van der Waals surface area (Å²) in [5.74, 6) is -0.0367. The summed E-state index contributed by atoms with van der Waals surface area (Å²) in [6, 6.07) is 11.5. The molecule has 0 spiro atoms. The number of urea groups is 1. The molecule has 1 aliphatic carbocycles. The van der Waals surface area contributed by atoms with Gasteiger partial charge >= 0.3 is 6.03 Å². The van der Waals surface area contributed by atoms with E-state index in [1.165, 1.54) is 23.7 Å². The first-order valence-electron chi connectivity index (χ1n) is 10.1. The molecule has 7 nitrogen and oxygen atoms in total. The zero-order valence-electron chi connectivity index (χ0n) is 16.9. The highest BCUT2D eigenvalue weighted by molar-refractivity contribution is 6.00. The van der Waals surface area contributed by atoms with E-state index in [-0.39, 0.29) is 5.69 Å². The number of aryl methyl sites for hydroxylation is 2. The van der Waals surface area contributed by atoms with Crippen molar-refractivity contribution in [2.24, 2.45) is 0 Å². The van der Waals surface area contributed by atoms with E-state index in [4.69, 9.17) is 5.73 Å². The van der Waals surface area contributed by atoms with E-state index in [2.05, 4.69) is 25.2 Å². The van der Waals surface area contributed by atoms with Gasteiger partial charge in [0.1, 0.15) is 17.7 Å². The van der Waals surface area contributed by atoms with Gasteiger partial charge in [-0.3, -0.25) is 0 Å². The number of carbonyl (C=O) groups excluding carboxylic acids is 1. The number of halogens is 1. The highest BCUT2D eigenvalue weighted by Gasteiger charge is 2.25. The summed E-state index contributed by atoms with van der Waals surface area (Å²) in [5, 5.41) is 5.28. The predicted octanol–water partition coefficient (Wildman–Crippen LogP) is 4.58. The average molecular weight is 416 g/mol. The van der Waals surface area contributed by atoms with Crippen LogP contribution in [-0.2, 0) is 12.8 Å². The molecule has 31 heavy (non-hydrogen) atoms. The van der Waals surface area contributed by atoms with Crippen LogP contribution >= 0.6 is 0 Å². The number of hydrogen-bond donors (Lipinski definition) is 3. The van der Waals surface area contributed by atoms with Gasteiger partial charge in [0.2, 0.25) is 0 Å². The van der Waals surface area contributed by atoms with Crippen molar-refractivity contribution in [3.05, 3.63) is 71.4 Å². The summed E-state index contributed by atoms with van der Waals surface area (Å²) in [7, 11) is 0. The van der Waals surface area contributed by atoms with E-state index >= 15 is 0 Å². The van der Waals surface area contributed by atoms with Gasteiger partial charge < -0.3 is 20.9 Å². The maximum atomic E-state index is 13.9. The monoisotopic (exact) mass is 416 g/mol. The highest BCUT2D eigenvalue weighted by Crippen LogP contribution is 2.36. The fourth-order valence-corrected chi connectivity index (χ4v) is 4.20.